The number of hydrogen-bond donors (Lipinski definition) is 2. The zero-order valence-corrected chi connectivity index (χ0v) is 12.2. The summed E-state index contributed by atoms with van der Waals surface area (Å²) in [5.74, 6) is 0.523. The highest BCUT2D eigenvalue weighted by molar-refractivity contribution is 5.95. The Hall–Kier alpha value is -2.43. The van der Waals surface area contributed by atoms with E-state index >= 15 is 0 Å². The highest BCUT2D eigenvalue weighted by Gasteiger charge is 2.23. The second-order valence-electron chi connectivity index (χ2n) is 5.43. The third-order valence-electron chi connectivity index (χ3n) is 3.28. The zero-order chi connectivity index (χ0) is 14.8. The summed E-state index contributed by atoms with van der Waals surface area (Å²) in [7, 11) is 0. The van der Waals surface area contributed by atoms with E-state index in [0.29, 0.717) is 17.6 Å². The van der Waals surface area contributed by atoms with E-state index in [1.54, 1.807) is 0 Å². The first-order valence-electron chi connectivity index (χ1n) is 7.10. The van der Waals surface area contributed by atoms with E-state index in [2.05, 4.69) is 20.6 Å². The highest BCUT2D eigenvalue weighted by atomic mass is 16.1. The normalized spacial score (nSPS) is 13.8. The molecule has 1 aliphatic carbocycles. The molecule has 0 radical (unpaired) electrons. The van der Waals surface area contributed by atoms with E-state index in [4.69, 9.17) is 0 Å². The van der Waals surface area contributed by atoms with Crippen LogP contribution in [0.1, 0.15) is 34.6 Å². The van der Waals surface area contributed by atoms with E-state index in [0.717, 1.165) is 29.9 Å². The van der Waals surface area contributed by atoms with Crippen LogP contribution in [0.15, 0.2) is 30.3 Å². The number of benzene rings is 1. The summed E-state index contributed by atoms with van der Waals surface area (Å²) in [6, 6.07) is 9.66. The van der Waals surface area contributed by atoms with Gasteiger partial charge in [-0.3, -0.25) is 4.79 Å². The monoisotopic (exact) mass is 282 g/mol. The van der Waals surface area contributed by atoms with Crippen molar-refractivity contribution in [2.45, 2.75) is 32.7 Å². The third kappa shape index (κ3) is 3.56. The predicted octanol–water partition coefficient (Wildman–Crippen LogP) is 2.73. The molecule has 0 spiro atoms. The molecular weight excluding hydrogens is 264 g/mol. The summed E-state index contributed by atoms with van der Waals surface area (Å²) >= 11 is 0. The van der Waals surface area contributed by atoms with Crippen LogP contribution in [0.4, 0.5) is 11.6 Å². The number of anilines is 2. The fraction of sp³-hybridized carbons (Fsp3) is 0.312. The van der Waals surface area contributed by atoms with E-state index in [1.165, 1.54) is 0 Å². The quantitative estimate of drug-likeness (QED) is 0.905. The molecule has 0 aliphatic heterocycles. The Morgan fingerprint density at radius 1 is 1.14 bits per heavy atom. The largest absolute Gasteiger partial charge is 0.349 e. The summed E-state index contributed by atoms with van der Waals surface area (Å²) in [4.78, 5) is 20.7. The van der Waals surface area contributed by atoms with Gasteiger partial charge < -0.3 is 10.6 Å². The maximum absolute atomic E-state index is 12.0. The SMILES string of the molecule is Cc1cc(C)nc(Nc2cccc(C(=O)NC3CC3)c2)n1. The second kappa shape index (κ2) is 5.52. The molecule has 1 saturated carbocycles. The van der Waals surface area contributed by atoms with Crippen LogP contribution in [0.3, 0.4) is 0 Å². The predicted molar refractivity (Wildman–Crippen MR) is 81.7 cm³/mol. The van der Waals surface area contributed by atoms with Gasteiger partial charge in [0.05, 0.1) is 0 Å². The van der Waals surface area contributed by atoms with Gasteiger partial charge in [0, 0.05) is 28.7 Å². The van der Waals surface area contributed by atoms with Crippen LogP contribution in [0.25, 0.3) is 0 Å². The molecule has 3 rings (SSSR count). The number of aromatic nitrogens is 2. The molecule has 21 heavy (non-hydrogen) atoms. The molecule has 1 aliphatic rings. The summed E-state index contributed by atoms with van der Waals surface area (Å²) in [6.07, 6.45) is 2.17. The first-order chi connectivity index (χ1) is 10.1. The summed E-state index contributed by atoms with van der Waals surface area (Å²) in [5, 5.41) is 6.13. The smallest absolute Gasteiger partial charge is 0.251 e. The van der Waals surface area contributed by atoms with Crippen molar-refractivity contribution < 1.29 is 4.79 Å². The van der Waals surface area contributed by atoms with E-state index in [-0.39, 0.29) is 5.91 Å². The van der Waals surface area contributed by atoms with Crippen LogP contribution in [-0.4, -0.2) is 21.9 Å². The summed E-state index contributed by atoms with van der Waals surface area (Å²) < 4.78 is 0. The average Bonchev–Trinajstić information content (AvgIpc) is 3.21. The molecule has 0 bridgehead atoms. The minimum atomic E-state index is -0.0255. The van der Waals surface area contributed by atoms with Crippen molar-refractivity contribution in [2.75, 3.05) is 5.32 Å². The van der Waals surface area contributed by atoms with E-state index in [9.17, 15) is 4.79 Å². The molecule has 2 aromatic rings. The molecule has 5 nitrogen and oxygen atoms in total. The van der Waals surface area contributed by atoms with Crippen molar-refractivity contribution in [2.24, 2.45) is 0 Å². The molecule has 1 aromatic heterocycles. The van der Waals surface area contributed by atoms with Gasteiger partial charge in [-0.05, 0) is 51.0 Å². The molecule has 1 amide bonds. The molecule has 1 aromatic carbocycles. The molecule has 1 fully saturated rings. The Balaban J connectivity index is 1.77. The van der Waals surface area contributed by atoms with Crippen LogP contribution in [0.5, 0.6) is 0 Å². The fourth-order valence-electron chi connectivity index (χ4n) is 2.15. The van der Waals surface area contributed by atoms with Gasteiger partial charge in [0.2, 0.25) is 5.95 Å². The number of aryl methyl sites for hydroxylation is 2. The van der Waals surface area contributed by atoms with Crippen LogP contribution in [-0.2, 0) is 0 Å². The lowest BCUT2D eigenvalue weighted by Gasteiger charge is -2.08. The summed E-state index contributed by atoms with van der Waals surface area (Å²) in [6.45, 7) is 3.86. The first-order valence-corrected chi connectivity index (χ1v) is 7.10. The summed E-state index contributed by atoms with van der Waals surface area (Å²) in [5.41, 5.74) is 3.28. The van der Waals surface area contributed by atoms with Crippen molar-refractivity contribution in [1.82, 2.24) is 15.3 Å². The third-order valence-corrected chi connectivity index (χ3v) is 3.28. The molecule has 108 valence electrons. The van der Waals surface area contributed by atoms with Gasteiger partial charge in [0.1, 0.15) is 0 Å². The van der Waals surface area contributed by atoms with Crippen molar-refractivity contribution in [1.29, 1.82) is 0 Å². The van der Waals surface area contributed by atoms with Crippen LogP contribution in [0.2, 0.25) is 0 Å². The number of nitrogens with zero attached hydrogens (tertiary/aromatic N) is 2. The Morgan fingerprint density at radius 3 is 2.52 bits per heavy atom. The number of rotatable bonds is 4. The Kier molecular flexibility index (Phi) is 3.56. The number of amides is 1. The lowest BCUT2D eigenvalue weighted by atomic mass is 10.2. The Labute approximate surface area is 123 Å². The Bertz CT molecular complexity index is 659. The maximum Gasteiger partial charge on any atom is 0.251 e. The first kappa shape index (κ1) is 13.5. The average molecular weight is 282 g/mol. The van der Waals surface area contributed by atoms with E-state index in [1.807, 2.05) is 44.2 Å². The van der Waals surface area contributed by atoms with E-state index < -0.39 is 0 Å². The lowest BCUT2D eigenvalue weighted by molar-refractivity contribution is 0.0951. The molecule has 2 N–H and O–H groups in total. The van der Waals surface area contributed by atoms with Crippen molar-refractivity contribution >= 4 is 17.5 Å². The zero-order valence-electron chi connectivity index (χ0n) is 12.2. The van der Waals surface area contributed by atoms with Crippen LogP contribution >= 0.6 is 0 Å². The van der Waals surface area contributed by atoms with Crippen LogP contribution < -0.4 is 10.6 Å². The van der Waals surface area contributed by atoms with Crippen LogP contribution in [0, 0.1) is 13.8 Å². The molecule has 0 atom stereocenters. The maximum atomic E-state index is 12.0. The molecular formula is C16H18N4O. The van der Waals surface area contributed by atoms with Gasteiger partial charge in [-0.1, -0.05) is 6.07 Å². The number of carbonyl (C=O) groups excluding carboxylic acids is 1. The molecule has 0 saturated heterocycles. The van der Waals surface area contributed by atoms with Gasteiger partial charge in [-0.15, -0.1) is 0 Å². The van der Waals surface area contributed by atoms with Gasteiger partial charge in [0.15, 0.2) is 0 Å². The van der Waals surface area contributed by atoms with Crippen molar-refractivity contribution in [3.63, 3.8) is 0 Å². The number of carbonyl (C=O) groups is 1. The van der Waals surface area contributed by atoms with Gasteiger partial charge in [-0.25, -0.2) is 9.97 Å². The van der Waals surface area contributed by atoms with Gasteiger partial charge in [0.25, 0.3) is 5.91 Å². The topological polar surface area (TPSA) is 66.9 Å². The standard InChI is InChI=1S/C16H18N4O/c1-10-8-11(2)18-16(17-10)20-14-5-3-4-12(9-14)15(21)19-13-6-7-13/h3-5,8-9,13H,6-7H2,1-2H3,(H,19,21)(H,17,18,20). The minimum absolute atomic E-state index is 0.0255. The van der Waals surface area contributed by atoms with Gasteiger partial charge in [-0.2, -0.15) is 0 Å². The second-order valence-corrected chi connectivity index (χ2v) is 5.43. The van der Waals surface area contributed by atoms with Gasteiger partial charge >= 0.3 is 0 Å². The number of hydrogen-bond acceptors (Lipinski definition) is 4. The number of nitrogens with one attached hydrogen (secondary N) is 2. The highest BCUT2D eigenvalue weighted by Crippen LogP contribution is 2.20. The fourth-order valence-corrected chi connectivity index (χ4v) is 2.15. The molecule has 0 unspecified atom stereocenters. The lowest BCUT2D eigenvalue weighted by Crippen LogP contribution is -2.25. The minimum Gasteiger partial charge on any atom is -0.349 e. The van der Waals surface area contributed by atoms with Crippen molar-refractivity contribution in [3.8, 4) is 0 Å². The molecule has 1 heterocycles. The van der Waals surface area contributed by atoms with Crippen molar-refractivity contribution in [3.05, 3.63) is 47.3 Å². The molecule has 5 heteroatoms. The Morgan fingerprint density at radius 2 is 1.86 bits per heavy atom.